The zero-order valence-corrected chi connectivity index (χ0v) is 7.27. The second-order valence-corrected chi connectivity index (χ2v) is 2.50. The van der Waals surface area contributed by atoms with Gasteiger partial charge in [0.15, 0.2) is 5.69 Å². The molecule has 70 valence electrons. The van der Waals surface area contributed by atoms with E-state index in [1.807, 2.05) is 0 Å². The lowest BCUT2D eigenvalue weighted by molar-refractivity contribution is -0.105. The van der Waals surface area contributed by atoms with Crippen LogP contribution in [0.15, 0.2) is 10.7 Å². The lowest BCUT2D eigenvalue weighted by Gasteiger charge is -2.05. The summed E-state index contributed by atoms with van der Waals surface area (Å²) in [6.07, 6.45) is 1.61. The predicted octanol–water partition coefficient (Wildman–Crippen LogP) is -0.0553. The Balaban J connectivity index is 2.79. The molecule has 6 nitrogen and oxygen atoms in total. The molecule has 6 heteroatoms. The van der Waals surface area contributed by atoms with Crippen LogP contribution in [0.3, 0.4) is 0 Å². The maximum Gasteiger partial charge on any atom is 0.301 e. The van der Waals surface area contributed by atoms with Crippen LogP contribution in [0.25, 0.3) is 0 Å². The van der Waals surface area contributed by atoms with E-state index in [1.54, 1.807) is 14.1 Å². The summed E-state index contributed by atoms with van der Waals surface area (Å²) in [5.41, 5.74) is 0.161. The fourth-order valence-electron chi connectivity index (χ4n) is 0.718. The van der Waals surface area contributed by atoms with Crippen molar-refractivity contribution < 1.29 is 14.0 Å². The van der Waals surface area contributed by atoms with Gasteiger partial charge in [0.25, 0.3) is 5.91 Å². The third-order valence-corrected chi connectivity index (χ3v) is 1.31. The van der Waals surface area contributed by atoms with Crippen LogP contribution in [0.2, 0.25) is 0 Å². The van der Waals surface area contributed by atoms with Gasteiger partial charge in [-0.3, -0.25) is 14.9 Å². The van der Waals surface area contributed by atoms with Gasteiger partial charge in [-0.1, -0.05) is 0 Å². The van der Waals surface area contributed by atoms with Gasteiger partial charge in [0.1, 0.15) is 6.26 Å². The molecule has 1 rings (SSSR count). The molecule has 1 N–H and O–H groups in total. The highest BCUT2D eigenvalue weighted by molar-refractivity contribution is 5.92. The number of hydrogen-bond donors (Lipinski definition) is 1. The van der Waals surface area contributed by atoms with Gasteiger partial charge in [-0.15, -0.1) is 0 Å². The van der Waals surface area contributed by atoms with Gasteiger partial charge >= 0.3 is 6.01 Å². The molecule has 0 atom stereocenters. The maximum atomic E-state index is 11.2. The molecule has 0 saturated carbocycles. The number of nitrogens with zero attached hydrogens (tertiary/aromatic N) is 2. The van der Waals surface area contributed by atoms with Gasteiger partial charge in [0.05, 0.1) is 0 Å². The molecule has 0 saturated heterocycles. The van der Waals surface area contributed by atoms with Crippen molar-refractivity contribution in [2.75, 3.05) is 19.4 Å². The summed E-state index contributed by atoms with van der Waals surface area (Å²) < 4.78 is 4.78. The molecule has 0 aromatic carbocycles. The van der Waals surface area contributed by atoms with Crippen molar-refractivity contribution in [2.24, 2.45) is 0 Å². The normalized spacial score (nSPS) is 9.38. The van der Waals surface area contributed by atoms with Crippen LogP contribution in [0.5, 0.6) is 0 Å². The molecule has 0 fully saturated rings. The lowest BCUT2D eigenvalue weighted by atomic mass is 10.4. The van der Waals surface area contributed by atoms with E-state index in [2.05, 4.69) is 10.3 Å². The quantitative estimate of drug-likeness (QED) is 0.666. The number of oxazole rings is 1. The molecule has 0 aliphatic carbocycles. The van der Waals surface area contributed by atoms with Crippen LogP contribution in [0.1, 0.15) is 10.5 Å². The standard InChI is InChI=1S/C7H9N3O3/c1-10(2)6(12)5-3-13-7(9-5)8-4-11/h3-4H,1-2H3,(H,8,9,11). The van der Waals surface area contributed by atoms with Gasteiger partial charge in [0.2, 0.25) is 6.41 Å². The molecule has 1 aromatic rings. The molecule has 0 spiro atoms. The van der Waals surface area contributed by atoms with Gasteiger partial charge in [-0.25, -0.2) is 0 Å². The van der Waals surface area contributed by atoms with E-state index in [0.717, 1.165) is 0 Å². The monoisotopic (exact) mass is 183 g/mol. The number of nitrogens with one attached hydrogen (secondary N) is 1. The van der Waals surface area contributed by atoms with Crippen molar-refractivity contribution >= 4 is 18.3 Å². The molecule has 2 amide bonds. The summed E-state index contributed by atoms with van der Waals surface area (Å²) >= 11 is 0. The van der Waals surface area contributed by atoms with E-state index < -0.39 is 0 Å². The minimum absolute atomic E-state index is 0.0141. The third kappa shape index (κ3) is 2.05. The summed E-state index contributed by atoms with van der Waals surface area (Å²) in [5.74, 6) is -0.275. The average Bonchev–Trinajstić information content (AvgIpc) is 2.52. The van der Waals surface area contributed by atoms with E-state index >= 15 is 0 Å². The first-order valence-electron chi connectivity index (χ1n) is 3.52. The summed E-state index contributed by atoms with van der Waals surface area (Å²) in [6.45, 7) is 0. The van der Waals surface area contributed by atoms with Crippen molar-refractivity contribution in [3.63, 3.8) is 0 Å². The Morgan fingerprint density at radius 2 is 2.38 bits per heavy atom. The van der Waals surface area contributed by atoms with Crippen molar-refractivity contribution in [1.29, 1.82) is 0 Å². The predicted molar refractivity (Wildman–Crippen MR) is 44.2 cm³/mol. The first-order chi connectivity index (χ1) is 6.15. The highest BCUT2D eigenvalue weighted by Gasteiger charge is 2.13. The highest BCUT2D eigenvalue weighted by atomic mass is 16.4. The lowest BCUT2D eigenvalue weighted by Crippen LogP contribution is -2.21. The summed E-state index contributed by atoms with van der Waals surface area (Å²) in [5, 5.41) is 2.19. The zero-order chi connectivity index (χ0) is 9.84. The Hall–Kier alpha value is -1.85. The molecule has 0 bridgehead atoms. The summed E-state index contributed by atoms with van der Waals surface area (Å²) in [7, 11) is 3.20. The number of amides is 2. The number of carbonyl (C=O) groups is 2. The third-order valence-electron chi connectivity index (χ3n) is 1.31. The molecule has 13 heavy (non-hydrogen) atoms. The van der Waals surface area contributed by atoms with E-state index in [0.29, 0.717) is 6.41 Å². The smallest absolute Gasteiger partial charge is 0.301 e. The van der Waals surface area contributed by atoms with Gasteiger partial charge < -0.3 is 9.32 Å². The van der Waals surface area contributed by atoms with E-state index in [9.17, 15) is 9.59 Å². The van der Waals surface area contributed by atoms with E-state index in [4.69, 9.17) is 4.42 Å². The molecule has 1 heterocycles. The van der Waals surface area contributed by atoms with Crippen LogP contribution in [0, 0.1) is 0 Å². The fourth-order valence-corrected chi connectivity index (χ4v) is 0.718. The summed E-state index contributed by atoms with van der Waals surface area (Å²) in [4.78, 5) is 26.3. The number of carbonyl (C=O) groups excluding carboxylic acids is 2. The second kappa shape index (κ2) is 3.70. The largest absolute Gasteiger partial charge is 0.431 e. The van der Waals surface area contributed by atoms with Crippen molar-refractivity contribution in [2.45, 2.75) is 0 Å². The topological polar surface area (TPSA) is 75.4 Å². The molecular weight excluding hydrogens is 174 g/mol. The Morgan fingerprint density at radius 3 is 2.92 bits per heavy atom. The Morgan fingerprint density at radius 1 is 1.69 bits per heavy atom. The van der Waals surface area contributed by atoms with Crippen LogP contribution in [-0.4, -0.2) is 36.3 Å². The Bertz CT molecular complexity index is 319. The second-order valence-electron chi connectivity index (χ2n) is 2.50. The number of anilines is 1. The van der Waals surface area contributed by atoms with Crippen LogP contribution >= 0.6 is 0 Å². The van der Waals surface area contributed by atoms with Crippen molar-refractivity contribution in [1.82, 2.24) is 9.88 Å². The van der Waals surface area contributed by atoms with E-state index in [1.165, 1.54) is 11.2 Å². The zero-order valence-electron chi connectivity index (χ0n) is 7.27. The van der Waals surface area contributed by atoms with E-state index in [-0.39, 0.29) is 17.6 Å². The minimum atomic E-state index is -0.275. The van der Waals surface area contributed by atoms with Gasteiger partial charge in [0, 0.05) is 14.1 Å². The Kier molecular flexibility index (Phi) is 2.63. The van der Waals surface area contributed by atoms with Crippen molar-refractivity contribution in [3.8, 4) is 0 Å². The first kappa shape index (κ1) is 9.24. The first-order valence-corrected chi connectivity index (χ1v) is 3.52. The number of aromatic nitrogens is 1. The fraction of sp³-hybridized carbons (Fsp3) is 0.286. The molecule has 1 aromatic heterocycles. The van der Waals surface area contributed by atoms with Crippen LogP contribution < -0.4 is 5.32 Å². The summed E-state index contributed by atoms with van der Waals surface area (Å²) in [6, 6.07) is 0.0141. The molecular formula is C7H9N3O3. The average molecular weight is 183 g/mol. The minimum Gasteiger partial charge on any atom is -0.431 e. The SMILES string of the molecule is CN(C)C(=O)c1coc(NC=O)n1. The van der Waals surface area contributed by atoms with Gasteiger partial charge in [-0.2, -0.15) is 4.98 Å². The Labute approximate surface area is 74.5 Å². The molecule has 0 aliphatic heterocycles. The number of rotatable bonds is 3. The van der Waals surface area contributed by atoms with Crippen LogP contribution in [0.4, 0.5) is 6.01 Å². The molecule has 0 aliphatic rings. The molecule has 0 unspecified atom stereocenters. The van der Waals surface area contributed by atoms with Gasteiger partial charge in [-0.05, 0) is 0 Å². The highest BCUT2D eigenvalue weighted by Crippen LogP contribution is 2.07. The maximum absolute atomic E-state index is 11.2. The van der Waals surface area contributed by atoms with Crippen LogP contribution in [-0.2, 0) is 4.79 Å². The number of hydrogen-bond acceptors (Lipinski definition) is 4. The van der Waals surface area contributed by atoms with Crippen molar-refractivity contribution in [3.05, 3.63) is 12.0 Å². The molecule has 0 radical (unpaired) electrons.